The van der Waals surface area contributed by atoms with Crippen molar-refractivity contribution in [3.63, 3.8) is 0 Å². The summed E-state index contributed by atoms with van der Waals surface area (Å²) in [7, 11) is 2.78. The zero-order valence-electron chi connectivity index (χ0n) is 14.7. The van der Waals surface area contributed by atoms with Crippen LogP contribution < -0.4 is 15.4 Å². The highest BCUT2D eigenvalue weighted by Gasteiger charge is 2.47. The average Bonchev–Trinajstić information content (AvgIpc) is 2.88. The summed E-state index contributed by atoms with van der Waals surface area (Å²) in [6, 6.07) is 6.79. The Morgan fingerprint density at radius 3 is 2.73 bits per heavy atom. The first-order chi connectivity index (χ1) is 12.3. The van der Waals surface area contributed by atoms with Gasteiger partial charge in [0.2, 0.25) is 0 Å². The lowest BCUT2D eigenvalue weighted by molar-refractivity contribution is -0.143. The molecule has 9 nitrogen and oxygen atoms in total. The summed E-state index contributed by atoms with van der Waals surface area (Å²) in [6.45, 7) is 2.98. The van der Waals surface area contributed by atoms with Crippen molar-refractivity contribution in [2.75, 3.05) is 17.7 Å². The van der Waals surface area contributed by atoms with Crippen molar-refractivity contribution >= 4 is 29.2 Å². The van der Waals surface area contributed by atoms with Crippen LogP contribution in [0, 0.1) is 6.92 Å². The standard InChI is InChI=1S/C17H18N4O5/c1-9-12(13(14(22)25-4)21(3)20-9)19-16(24)17(2)15(23)18-10-7-5-6-8-11(10)26-17/h5-8H,1-4H3,(H,18,23)(H,19,24)/t17-/m1/s1. The molecule has 2 amide bonds. The predicted molar refractivity (Wildman–Crippen MR) is 92.0 cm³/mol. The molecule has 0 spiro atoms. The van der Waals surface area contributed by atoms with Crippen LogP contribution in [0.1, 0.15) is 23.1 Å². The van der Waals surface area contributed by atoms with Gasteiger partial charge in [0.25, 0.3) is 17.4 Å². The molecule has 1 aliphatic heterocycles. The fourth-order valence-corrected chi connectivity index (χ4v) is 2.69. The maximum atomic E-state index is 12.8. The number of ether oxygens (including phenoxy) is 2. The molecule has 2 aromatic rings. The lowest BCUT2D eigenvalue weighted by Crippen LogP contribution is -2.56. The Morgan fingerprint density at radius 2 is 2.04 bits per heavy atom. The van der Waals surface area contributed by atoms with Gasteiger partial charge in [0.1, 0.15) is 5.75 Å². The minimum atomic E-state index is -1.82. The number of rotatable bonds is 3. The Morgan fingerprint density at radius 1 is 1.35 bits per heavy atom. The maximum Gasteiger partial charge on any atom is 0.358 e. The van der Waals surface area contributed by atoms with Gasteiger partial charge in [0.05, 0.1) is 24.2 Å². The molecule has 0 bridgehead atoms. The van der Waals surface area contributed by atoms with Crippen molar-refractivity contribution in [2.24, 2.45) is 7.05 Å². The number of esters is 1. The van der Waals surface area contributed by atoms with Crippen LogP contribution in [0.4, 0.5) is 11.4 Å². The summed E-state index contributed by atoms with van der Waals surface area (Å²) in [5.74, 6) is -1.63. The Bertz CT molecular complexity index is 920. The zero-order valence-corrected chi connectivity index (χ0v) is 14.7. The largest absolute Gasteiger partial charge is 0.466 e. The molecule has 26 heavy (non-hydrogen) atoms. The van der Waals surface area contributed by atoms with Crippen molar-refractivity contribution < 1.29 is 23.9 Å². The Kier molecular flexibility index (Phi) is 4.15. The third-order valence-corrected chi connectivity index (χ3v) is 4.16. The molecule has 9 heteroatoms. The van der Waals surface area contributed by atoms with E-state index in [1.807, 2.05) is 0 Å². The van der Waals surface area contributed by atoms with E-state index in [0.717, 1.165) is 0 Å². The zero-order chi connectivity index (χ0) is 19.1. The monoisotopic (exact) mass is 358 g/mol. The van der Waals surface area contributed by atoms with Crippen LogP contribution in [0.15, 0.2) is 24.3 Å². The number of aryl methyl sites for hydroxylation is 2. The number of hydrogen-bond donors (Lipinski definition) is 2. The first-order valence-corrected chi connectivity index (χ1v) is 7.80. The molecule has 2 N–H and O–H groups in total. The smallest absolute Gasteiger partial charge is 0.358 e. The van der Waals surface area contributed by atoms with Gasteiger partial charge in [-0.1, -0.05) is 12.1 Å². The quantitative estimate of drug-likeness (QED) is 0.631. The number of nitrogens with zero attached hydrogens (tertiary/aromatic N) is 2. The fraction of sp³-hybridized carbons (Fsp3) is 0.294. The molecular weight excluding hydrogens is 340 g/mol. The summed E-state index contributed by atoms with van der Waals surface area (Å²) in [5, 5.41) is 9.34. The highest BCUT2D eigenvalue weighted by Crippen LogP contribution is 2.34. The van der Waals surface area contributed by atoms with E-state index in [-0.39, 0.29) is 11.4 Å². The molecule has 1 aromatic heterocycles. The van der Waals surface area contributed by atoms with Gasteiger partial charge in [-0.05, 0) is 26.0 Å². The van der Waals surface area contributed by atoms with E-state index in [1.165, 1.54) is 18.7 Å². The number of carbonyl (C=O) groups excluding carboxylic acids is 3. The van der Waals surface area contributed by atoms with Crippen molar-refractivity contribution in [3.8, 4) is 5.75 Å². The van der Waals surface area contributed by atoms with Crippen LogP contribution >= 0.6 is 0 Å². The van der Waals surface area contributed by atoms with Crippen LogP contribution in [0.2, 0.25) is 0 Å². The van der Waals surface area contributed by atoms with Gasteiger partial charge in [0, 0.05) is 7.05 Å². The van der Waals surface area contributed by atoms with E-state index in [9.17, 15) is 14.4 Å². The summed E-state index contributed by atoms with van der Waals surface area (Å²) < 4.78 is 11.7. The number of fused-ring (bicyclic) bond motifs is 1. The Balaban J connectivity index is 1.94. The number of aromatic nitrogens is 2. The number of hydrogen-bond acceptors (Lipinski definition) is 6. The third kappa shape index (κ3) is 2.67. The molecule has 136 valence electrons. The van der Waals surface area contributed by atoms with Crippen LogP contribution in [0.25, 0.3) is 0 Å². The lowest BCUT2D eigenvalue weighted by atomic mass is 10.0. The molecule has 0 saturated heterocycles. The summed E-state index contributed by atoms with van der Waals surface area (Å²) in [6.07, 6.45) is 0. The Labute approximate surface area is 149 Å². The van der Waals surface area contributed by atoms with E-state index < -0.39 is 23.4 Å². The van der Waals surface area contributed by atoms with Crippen LogP contribution in [0.5, 0.6) is 5.75 Å². The van der Waals surface area contributed by atoms with E-state index in [1.54, 1.807) is 38.2 Å². The number of methoxy groups -OCH3 is 1. The number of anilines is 2. The second-order valence-electron chi connectivity index (χ2n) is 5.96. The van der Waals surface area contributed by atoms with E-state index in [2.05, 4.69) is 15.7 Å². The van der Waals surface area contributed by atoms with Crippen molar-refractivity contribution in [1.82, 2.24) is 9.78 Å². The number of amides is 2. The lowest BCUT2D eigenvalue weighted by Gasteiger charge is -2.33. The molecule has 1 aromatic carbocycles. The molecule has 3 rings (SSSR count). The third-order valence-electron chi connectivity index (χ3n) is 4.16. The minimum absolute atomic E-state index is 0.0681. The molecule has 1 aliphatic rings. The normalized spacial score (nSPS) is 18.4. The van der Waals surface area contributed by atoms with Crippen LogP contribution in [-0.4, -0.2) is 40.3 Å². The van der Waals surface area contributed by atoms with Gasteiger partial charge in [-0.2, -0.15) is 5.10 Å². The fourth-order valence-electron chi connectivity index (χ4n) is 2.69. The summed E-state index contributed by atoms with van der Waals surface area (Å²) in [4.78, 5) is 37.3. The minimum Gasteiger partial charge on any atom is -0.466 e. The molecule has 0 fully saturated rings. The number of para-hydroxylation sites is 2. The van der Waals surface area contributed by atoms with Gasteiger partial charge in [-0.25, -0.2) is 4.79 Å². The van der Waals surface area contributed by atoms with E-state index in [4.69, 9.17) is 9.47 Å². The van der Waals surface area contributed by atoms with Crippen LogP contribution in [-0.2, 0) is 21.4 Å². The molecule has 0 unspecified atom stereocenters. The van der Waals surface area contributed by atoms with Gasteiger partial charge < -0.3 is 20.1 Å². The Hall–Kier alpha value is -3.36. The first kappa shape index (κ1) is 17.5. The second-order valence-corrected chi connectivity index (χ2v) is 5.96. The van der Waals surface area contributed by atoms with Gasteiger partial charge in [-0.3, -0.25) is 14.3 Å². The SMILES string of the molecule is COC(=O)c1c(NC(=O)[C@]2(C)Oc3ccccc3NC2=O)c(C)nn1C. The van der Waals surface area contributed by atoms with Crippen molar-refractivity contribution in [1.29, 1.82) is 0 Å². The highest BCUT2D eigenvalue weighted by molar-refractivity contribution is 6.19. The topological polar surface area (TPSA) is 112 Å². The van der Waals surface area contributed by atoms with E-state index in [0.29, 0.717) is 17.1 Å². The molecule has 0 saturated carbocycles. The molecule has 1 atom stereocenters. The van der Waals surface area contributed by atoms with Crippen molar-refractivity contribution in [3.05, 3.63) is 35.7 Å². The molecule has 0 radical (unpaired) electrons. The summed E-state index contributed by atoms with van der Waals surface area (Å²) >= 11 is 0. The number of benzene rings is 1. The molecule has 0 aliphatic carbocycles. The van der Waals surface area contributed by atoms with E-state index >= 15 is 0 Å². The average molecular weight is 358 g/mol. The van der Waals surface area contributed by atoms with Crippen LogP contribution in [0.3, 0.4) is 0 Å². The van der Waals surface area contributed by atoms with Gasteiger partial charge >= 0.3 is 5.97 Å². The predicted octanol–water partition coefficient (Wildman–Crippen LogP) is 1.24. The second kappa shape index (κ2) is 6.17. The molecular formula is C17H18N4O5. The maximum absolute atomic E-state index is 12.8. The molecule has 2 heterocycles. The van der Waals surface area contributed by atoms with Gasteiger partial charge in [0.15, 0.2) is 5.69 Å². The summed E-state index contributed by atoms with van der Waals surface area (Å²) in [5.41, 5.74) is -0.694. The van der Waals surface area contributed by atoms with Gasteiger partial charge in [-0.15, -0.1) is 0 Å². The first-order valence-electron chi connectivity index (χ1n) is 7.80. The number of carbonyl (C=O) groups is 3. The highest BCUT2D eigenvalue weighted by atomic mass is 16.5. The van der Waals surface area contributed by atoms with Crippen molar-refractivity contribution in [2.45, 2.75) is 19.4 Å². The number of nitrogens with one attached hydrogen (secondary N) is 2.